The molecule has 0 aliphatic carbocycles. The van der Waals surface area contributed by atoms with Crippen LogP contribution in [-0.4, -0.2) is 21.1 Å². The number of rotatable bonds is 7. The van der Waals surface area contributed by atoms with Gasteiger partial charge in [-0.2, -0.15) is 4.52 Å². The quantitative estimate of drug-likeness (QED) is 0.711. The number of nitrogens with one attached hydrogen (secondary N) is 1. The molecular formula is C18H22N4OS. The van der Waals surface area contributed by atoms with Crippen molar-refractivity contribution in [1.82, 2.24) is 14.6 Å². The normalized spacial score (nSPS) is 12.4. The molecule has 126 valence electrons. The van der Waals surface area contributed by atoms with Crippen molar-refractivity contribution in [3.05, 3.63) is 58.0 Å². The van der Waals surface area contributed by atoms with Gasteiger partial charge in [-0.3, -0.25) is 4.79 Å². The zero-order chi connectivity index (χ0) is 16.9. The summed E-state index contributed by atoms with van der Waals surface area (Å²) in [6, 6.07) is 12.0. The molecule has 24 heavy (non-hydrogen) atoms. The summed E-state index contributed by atoms with van der Waals surface area (Å²) in [5.41, 5.74) is 2.05. The maximum atomic E-state index is 12.1. The summed E-state index contributed by atoms with van der Waals surface area (Å²) in [4.78, 5) is 17.3. The van der Waals surface area contributed by atoms with Crippen molar-refractivity contribution < 1.29 is 0 Å². The van der Waals surface area contributed by atoms with E-state index in [0.29, 0.717) is 10.9 Å². The van der Waals surface area contributed by atoms with Gasteiger partial charge >= 0.3 is 0 Å². The fourth-order valence-electron chi connectivity index (χ4n) is 2.75. The highest BCUT2D eigenvalue weighted by atomic mass is 32.1. The van der Waals surface area contributed by atoms with Crippen LogP contribution >= 0.6 is 11.3 Å². The fraction of sp³-hybridized carbons (Fsp3) is 0.389. The fourth-order valence-corrected chi connectivity index (χ4v) is 3.58. The van der Waals surface area contributed by atoms with Gasteiger partial charge < -0.3 is 5.32 Å². The Labute approximate surface area is 145 Å². The number of aromatic nitrogens is 3. The van der Waals surface area contributed by atoms with Crippen molar-refractivity contribution >= 4 is 21.4 Å². The first-order valence-electron chi connectivity index (χ1n) is 8.39. The monoisotopic (exact) mass is 342 g/mol. The predicted molar refractivity (Wildman–Crippen MR) is 99.1 cm³/mol. The summed E-state index contributed by atoms with van der Waals surface area (Å²) >= 11 is 1.43. The van der Waals surface area contributed by atoms with E-state index in [2.05, 4.69) is 53.5 Å². The Hall–Kier alpha value is -2.21. The van der Waals surface area contributed by atoms with Gasteiger partial charge in [-0.25, -0.2) is 4.98 Å². The highest BCUT2D eigenvalue weighted by Gasteiger charge is 2.12. The molecule has 2 heterocycles. The highest BCUT2D eigenvalue weighted by Crippen LogP contribution is 2.22. The second kappa shape index (κ2) is 7.57. The lowest BCUT2D eigenvalue weighted by Crippen LogP contribution is -2.16. The smallest absolute Gasteiger partial charge is 0.275 e. The number of fused-ring (bicyclic) bond motifs is 1. The van der Waals surface area contributed by atoms with Crippen LogP contribution in [0.15, 0.2) is 41.2 Å². The summed E-state index contributed by atoms with van der Waals surface area (Å²) in [5.74, 6) is 0.415. The summed E-state index contributed by atoms with van der Waals surface area (Å²) in [6.45, 7) is 5.05. The van der Waals surface area contributed by atoms with Gasteiger partial charge in [0.1, 0.15) is 0 Å². The molecule has 0 fully saturated rings. The van der Waals surface area contributed by atoms with Crippen molar-refractivity contribution in [2.45, 2.75) is 39.0 Å². The molecule has 0 amide bonds. The average molecular weight is 342 g/mol. The molecule has 0 saturated heterocycles. The van der Waals surface area contributed by atoms with E-state index in [0.717, 1.165) is 36.6 Å². The van der Waals surface area contributed by atoms with Gasteiger partial charge in [-0.15, -0.1) is 5.10 Å². The zero-order valence-corrected chi connectivity index (χ0v) is 14.8. The lowest BCUT2D eigenvalue weighted by Gasteiger charge is -2.15. The highest BCUT2D eigenvalue weighted by molar-refractivity contribution is 7.20. The number of anilines is 1. The Kier molecular flexibility index (Phi) is 5.25. The molecule has 6 heteroatoms. The molecule has 0 aliphatic rings. The third-order valence-electron chi connectivity index (χ3n) is 4.07. The van der Waals surface area contributed by atoms with Crippen LogP contribution in [0.3, 0.4) is 0 Å². The lowest BCUT2D eigenvalue weighted by molar-refractivity contribution is 0.693. The third-order valence-corrected chi connectivity index (χ3v) is 4.93. The van der Waals surface area contributed by atoms with Crippen molar-refractivity contribution in [3.8, 4) is 0 Å². The minimum Gasteiger partial charge on any atom is -0.359 e. The number of nitrogens with zero attached hydrogens (tertiary/aromatic N) is 3. The molecule has 0 saturated carbocycles. The first kappa shape index (κ1) is 16.6. The molecule has 0 radical (unpaired) electrons. The number of hydrogen-bond acceptors (Lipinski definition) is 5. The van der Waals surface area contributed by atoms with Crippen LogP contribution in [0.1, 0.15) is 43.9 Å². The first-order valence-corrected chi connectivity index (χ1v) is 9.21. The van der Waals surface area contributed by atoms with Crippen molar-refractivity contribution in [2.24, 2.45) is 0 Å². The van der Waals surface area contributed by atoms with E-state index in [1.165, 1.54) is 21.4 Å². The standard InChI is InChI=1S/C18H22N4OS/c1-3-8-15-11-16(23)22-18(20-15)24-17(21-22)19-12-13(4-2)14-9-6-5-7-10-14/h5-7,9-11,13H,3-4,8,12H2,1-2H3,(H,19,21). The van der Waals surface area contributed by atoms with Gasteiger partial charge in [0.25, 0.3) is 5.56 Å². The van der Waals surface area contributed by atoms with Crippen molar-refractivity contribution in [1.29, 1.82) is 0 Å². The first-order chi connectivity index (χ1) is 11.7. The number of aryl methyl sites for hydroxylation is 1. The summed E-state index contributed by atoms with van der Waals surface area (Å²) in [6.07, 6.45) is 2.83. The Morgan fingerprint density at radius 1 is 1.25 bits per heavy atom. The molecule has 3 aromatic rings. The second-order valence-corrected chi connectivity index (χ2v) is 6.79. The van der Waals surface area contributed by atoms with E-state index in [1.54, 1.807) is 6.07 Å². The van der Waals surface area contributed by atoms with E-state index in [-0.39, 0.29) is 5.56 Å². The molecular weight excluding hydrogens is 320 g/mol. The molecule has 0 aliphatic heterocycles. The third kappa shape index (κ3) is 3.64. The van der Waals surface area contributed by atoms with Crippen LogP contribution in [0.25, 0.3) is 4.96 Å². The van der Waals surface area contributed by atoms with Gasteiger partial charge in [0.05, 0.1) is 0 Å². The van der Waals surface area contributed by atoms with Crippen LogP contribution in [0, 0.1) is 0 Å². The van der Waals surface area contributed by atoms with Crippen LogP contribution in [0.2, 0.25) is 0 Å². The molecule has 0 bridgehead atoms. The van der Waals surface area contributed by atoms with Crippen molar-refractivity contribution in [2.75, 3.05) is 11.9 Å². The van der Waals surface area contributed by atoms with Crippen LogP contribution in [0.4, 0.5) is 5.13 Å². The van der Waals surface area contributed by atoms with Gasteiger partial charge in [-0.05, 0) is 18.4 Å². The summed E-state index contributed by atoms with van der Waals surface area (Å²) < 4.78 is 1.38. The maximum absolute atomic E-state index is 12.1. The lowest BCUT2D eigenvalue weighted by atomic mass is 9.97. The van der Waals surface area contributed by atoms with E-state index in [9.17, 15) is 4.79 Å². The predicted octanol–water partition coefficient (Wildman–Crippen LogP) is 3.71. The van der Waals surface area contributed by atoms with E-state index < -0.39 is 0 Å². The Morgan fingerprint density at radius 2 is 2.04 bits per heavy atom. The number of benzene rings is 1. The second-order valence-electron chi connectivity index (χ2n) is 5.83. The molecule has 5 nitrogen and oxygen atoms in total. The maximum Gasteiger partial charge on any atom is 0.275 e. The van der Waals surface area contributed by atoms with Gasteiger partial charge in [0, 0.05) is 24.2 Å². The van der Waals surface area contributed by atoms with Gasteiger partial charge in [0.2, 0.25) is 10.1 Å². The Bertz CT molecular complexity index is 856. The van der Waals surface area contributed by atoms with Crippen LogP contribution in [0.5, 0.6) is 0 Å². The average Bonchev–Trinajstić information content (AvgIpc) is 3.00. The molecule has 2 aromatic heterocycles. The number of hydrogen-bond donors (Lipinski definition) is 1. The SMILES string of the molecule is CCCc1cc(=O)n2nc(NCC(CC)c3ccccc3)sc2n1. The molecule has 3 rings (SSSR count). The molecule has 1 N–H and O–H groups in total. The Morgan fingerprint density at radius 3 is 2.75 bits per heavy atom. The molecule has 1 atom stereocenters. The minimum absolute atomic E-state index is 0.108. The van der Waals surface area contributed by atoms with Crippen molar-refractivity contribution in [3.63, 3.8) is 0 Å². The largest absolute Gasteiger partial charge is 0.359 e. The zero-order valence-electron chi connectivity index (χ0n) is 14.0. The molecule has 1 unspecified atom stereocenters. The molecule has 1 aromatic carbocycles. The van der Waals surface area contributed by atoms with E-state index in [4.69, 9.17) is 0 Å². The van der Waals surface area contributed by atoms with Crippen LogP contribution < -0.4 is 10.9 Å². The molecule has 0 spiro atoms. The van der Waals surface area contributed by atoms with E-state index >= 15 is 0 Å². The van der Waals surface area contributed by atoms with Gasteiger partial charge in [0.15, 0.2) is 0 Å². The van der Waals surface area contributed by atoms with E-state index in [1.807, 2.05) is 6.07 Å². The minimum atomic E-state index is -0.108. The summed E-state index contributed by atoms with van der Waals surface area (Å²) in [7, 11) is 0. The Balaban J connectivity index is 1.78. The summed E-state index contributed by atoms with van der Waals surface area (Å²) in [5, 5.41) is 8.47. The van der Waals surface area contributed by atoms with Gasteiger partial charge in [-0.1, -0.05) is 61.9 Å². The topological polar surface area (TPSA) is 59.3 Å². The van der Waals surface area contributed by atoms with Crippen LogP contribution in [-0.2, 0) is 6.42 Å².